The van der Waals surface area contributed by atoms with E-state index in [-0.39, 0.29) is 10.3 Å². The lowest BCUT2D eigenvalue weighted by Crippen LogP contribution is -2.30. The molecule has 0 saturated carbocycles. The first-order chi connectivity index (χ1) is 8.15. The Kier molecular flexibility index (Phi) is 3.98. The van der Waals surface area contributed by atoms with Crippen LogP contribution in [0.2, 0.25) is 15.3 Å². The summed E-state index contributed by atoms with van der Waals surface area (Å²) in [5.41, 5.74) is 0.932. The summed E-state index contributed by atoms with van der Waals surface area (Å²) in [5.74, 6) is 0. The highest BCUT2D eigenvalue weighted by Gasteiger charge is 2.23. The summed E-state index contributed by atoms with van der Waals surface area (Å²) in [7, 11) is 0. The zero-order valence-electron chi connectivity index (χ0n) is 9.01. The van der Waals surface area contributed by atoms with Crippen molar-refractivity contribution in [2.75, 3.05) is 18.0 Å². The van der Waals surface area contributed by atoms with Crippen LogP contribution >= 0.6 is 34.8 Å². The highest BCUT2D eigenvalue weighted by atomic mass is 35.5. The molecule has 3 nitrogen and oxygen atoms in total. The molecule has 0 N–H and O–H groups in total. The van der Waals surface area contributed by atoms with E-state index in [1.807, 2.05) is 0 Å². The van der Waals surface area contributed by atoms with Crippen molar-refractivity contribution in [3.63, 3.8) is 0 Å². The highest BCUT2D eigenvalue weighted by Crippen LogP contribution is 2.38. The number of anilines is 1. The molecule has 0 atom stereocenters. The monoisotopic (exact) mass is 289 g/mol. The summed E-state index contributed by atoms with van der Waals surface area (Å²) < 4.78 is 0. The minimum Gasteiger partial charge on any atom is -0.369 e. The largest absolute Gasteiger partial charge is 0.369 e. The van der Waals surface area contributed by atoms with Crippen LogP contribution in [0.4, 0.5) is 5.69 Å². The van der Waals surface area contributed by atoms with Crippen molar-refractivity contribution in [2.24, 2.45) is 0 Å². The van der Waals surface area contributed by atoms with Crippen LogP contribution in [0.15, 0.2) is 0 Å². The fourth-order valence-electron chi connectivity index (χ4n) is 2.01. The van der Waals surface area contributed by atoms with Crippen molar-refractivity contribution in [3.8, 4) is 6.07 Å². The van der Waals surface area contributed by atoms with E-state index in [0.717, 1.165) is 25.9 Å². The van der Waals surface area contributed by atoms with Crippen molar-refractivity contribution >= 4 is 40.5 Å². The second-order valence-electron chi connectivity index (χ2n) is 3.89. The first-order valence-corrected chi connectivity index (χ1v) is 6.48. The fourth-order valence-corrected chi connectivity index (χ4v) is 2.70. The van der Waals surface area contributed by atoms with Crippen LogP contribution in [-0.2, 0) is 0 Å². The van der Waals surface area contributed by atoms with Gasteiger partial charge in [-0.2, -0.15) is 5.26 Å². The molecule has 2 heterocycles. The lowest BCUT2D eigenvalue weighted by atomic mass is 10.1. The van der Waals surface area contributed by atoms with Gasteiger partial charge < -0.3 is 4.90 Å². The fraction of sp³-hybridized carbons (Fsp3) is 0.455. The normalized spacial score (nSPS) is 15.8. The third kappa shape index (κ3) is 2.44. The molecular formula is C11H10Cl3N3. The van der Waals surface area contributed by atoms with Gasteiger partial charge in [0.05, 0.1) is 5.69 Å². The molecule has 0 amide bonds. The summed E-state index contributed by atoms with van der Waals surface area (Å²) in [6.07, 6.45) is 3.36. The molecule has 90 valence electrons. The first-order valence-electron chi connectivity index (χ1n) is 5.34. The summed E-state index contributed by atoms with van der Waals surface area (Å²) in [6, 6.07) is 2.05. The smallest absolute Gasteiger partial charge is 0.151 e. The van der Waals surface area contributed by atoms with Crippen LogP contribution in [0.3, 0.4) is 0 Å². The maximum absolute atomic E-state index is 9.14. The molecule has 6 heteroatoms. The molecule has 0 aliphatic carbocycles. The number of hydrogen-bond donors (Lipinski definition) is 0. The van der Waals surface area contributed by atoms with Gasteiger partial charge in [0, 0.05) is 13.1 Å². The van der Waals surface area contributed by atoms with E-state index in [4.69, 9.17) is 40.1 Å². The van der Waals surface area contributed by atoms with E-state index in [9.17, 15) is 0 Å². The minimum atomic E-state index is 0.113. The molecule has 1 aromatic heterocycles. The molecule has 1 fully saturated rings. The Morgan fingerprint density at radius 3 is 2.29 bits per heavy atom. The van der Waals surface area contributed by atoms with Gasteiger partial charge in [0.2, 0.25) is 0 Å². The van der Waals surface area contributed by atoms with E-state index in [1.165, 1.54) is 6.42 Å². The lowest BCUT2D eigenvalue weighted by molar-refractivity contribution is 0.577. The number of aromatic nitrogens is 1. The Morgan fingerprint density at radius 2 is 1.71 bits per heavy atom. The molecule has 1 aliphatic heterocycles. The van der Waals surface area contributed by atoms with Crippen molar-refractivity contribution in [1.82, 2.24) is 4.98 Å². The molecule has 1 saturated heterocycles. The number of piperidine rings is 1. The van der Waals surface area contributed by atoms with Crippen molar-refractivity contribution in [1.29, 1.82) is 5.26 Å². The van der Waals surface area contributed by atoms with Crippen LogP contribution in [0.5, 0.6) is 0 Å². The summed E-state index contributed by atoms with van der Waals surface area (Å²) >= 11 is 18.0. The van der Waals surface area contributed by atoms with Gasteiger partial charge in [-0.15, -0.1) is 0 Å². The number of nitriles is 1. The number of pyridine rings is 1. The highest BCUT2D eigenvalue weighted by molar-refractivity contribution is 6.44. The van der Waals surface area contributed by atoms with Gasteiger partial charge in [-0.05, 0) is 19.3 Å². The predicted octanol–water partition coefficient (Wildman–Crippen LogP) is 3.90. The molecule has 1 aliphatic rings. The maximum Gasteiger partial charge on any atom is 0.151 e. The number of halogens is 3. The second-order valence-corrected chi connectivity index (χ2v) is 4.98. The topological polar surface area (TPSA) is 39.9 Å². The molecule has 17 heavy (non-hydrogen) atoms. The van der Waals surface area contributed by atoms with Crippen molar-refractivity contribution < 1.29 is 0 Å². The van der Waals surface area contributed by atoms with Gasteiger partial charge in [0.1, 0.15) is 16.7 Å². The zero-order chi connectivity index (χ0) is 12.4. The zero-order valence-corrected chi connectivity index (χ0v) is 11.3. The Balaban J connectivity index is 2.53. The third-order valence-corrected chi connectivity index (χ3v) is 3.81. The lowest BCUT2D eigenvalue weighted by Gasteiger charge is -2.30. The first kappa shape index (κ1) is 12.8. The second kappa shape index (κ2) is 5.30. The van der Waals surface area contributed by atoms with Gasteiger partial charge in [-0.25, -0.2) is 4.98 Å². The van der Waals surface area contributed by atoms with E-state index in [0.29, 0.717) is 16.3 Å². The number of nitrogens with zero attached hydrogens (tertiary/aromatic N) is 3. The van der Waals surface area contributed by atoms with Gasteiger partial charge in [-0.1, -0.05) is 34.8 Å². The molecular weight excluding hydrogens is 281 g/mol. The SMILES string of the molecule is N#Cc1c(Cl)nc(Cl)c(Cl)c1N1CCCCC1. The Morgan fingerprint density at radius 1 is 1.06 bits per heavy atom. The van der Waals surface area contributed by atoms with Crippen LogP contribution in [0, 0.1) is 11.3 Å². The van der Waals surface area contributed by atoms with Crippen molar-refractivity contribution in [3.05, 3.63) is 20.9 Å². The molecule has 0 spiro atoms. The van der Waals surface area contributed by atoms with Crippen molar-refractivity contribution in [2.45, 2.75) is 19.3 Å². The molecule has 0 bridgehead atoms. The number of hydrogen-bond acceptors (Lipinski definition) is 3. The average Bonchev–Trinajstić information content (AvgIpc) is 2.34. The van der Waals surface area contributed by atoms with E-state index < -0.39 is 0 Å². The average molecular weight is 291 g/mol. The van der Waals surface area contributed by atoms with E-state index in [2.05, 4.69) is 16.0 Å². The molecule has 0 radical (unpaired) electrons. The van der Waals surface area contributed by atoms with Gasteiger partial charge in [0.15, 0.2) is 10.3 Å². The molecule has 1 aromatic rings. The van der Waals surface area contributed by atoms with Crippen LogP contribution in [0.1, 0.15) is 24.8 Å². The van der Waals surface area contributed by atoms with E-state index in [1.54, 1.807) is 0 Å². The minimum absolute atomic E-state index is 0.113. The van der Waals surface area contributed by atoms with Gasteiger partial charge in [-0.3, -0.25) is 0 Å². The maximum atomic E-state index is 9.14. The molecule has 2 rings (SSSR count). The van der Waals surface area contributed by atoms with Crippen LogP contribution in [0.25, 0.3) is 0 Å². The summed E-state index contributed by atoms with van der Waals surface area (Å²) in [6.45, 7) is 1.73. The predicted molar refractivity (Wildman–Crippen MR) is 70.0 cm³/mol. The Hall–Kier alpha value is -0.690. The number of rotatable bonds is 1. The van der Waals surface area contributed by atoms with Gasteiger partial charge >= 0.3 is 0 Å². The summed E-state index contributed by atoms with van der Waals surface area (Å²) in [5, 5.41) is 9.72. The Bertz CT molecular complexity index is 476. The van der Waals surface area contributed by atoms with Gasteiger partial charge in [0.25, 0.3) is 0 Å². The van der Waals surface area contributed by atoms with Crippen LogP contribution in [-0.4, -0.2) is 18.1 Å². The van der Waals surface area contributed by atoms with E-state index >= 15 is 0 Å². The quantitative estimate of drug-likeness (QED) is 0.736. The third-order valence-electron chi connectivity index (χ3n) is 2.81. The standard InChI is InChI=1S/C11H10Cl3N3/c12-8-9(17-4-2-1-3-5-17)7(6-15)10(13)16-11(8)14/h1-5H2. The summed E-state index contributed by atoms with van der Waals surface area (Å²) in [4.78, 5) is 5.91. The molecule has 0 unspecified atom stereocenters. The Labute approximate surface area is 115 Å². The molecule has 0 aromatic carbocycles. The van der Waals surface area contributed by atoms with Crippen LogP contribution < -0.4 is 4.90 Å².